The molecule has 0 spiro atoms. The molecule has 126 valence electrons. The van der Waals surface area contributed by atoms with Crippen molar-refractivity contribution in [1.82, 2.24) is 20.5 Å². The van der Waals surface area contributed by atoms with Gasteiger partial charge in [-0.25, -0.2) is 4.79 Å². The summed E-state index contributed by atoms with van der Waals surface area (Å²) in [6.07, 6.45) is 3.43. The van der Waals surface area contributed by atoms with Gasteiger partial charge in [0.2, 0.25) is 0 Å². The summed E-state index contributed by atoms with van der Waals surface area (Å²) < 4.78 is 0. The summed E-state index contributed by atoms with van der Waals surface area (Å²) in [5.74, 6) is 0. The molecule has 0 unspecified atom stereocenters. The number of urea groups is 1. The lowest BCUT2D eigenvalue weighted by Gasteiger charge is -2.27. The molecule has 1 fully saturated rings. The maximum atomic E-state index is 11.9. The van der Waals surface area contributed by atoms with Crippen molar-refractivity contribution in [1.29, 1.82) is 0 Å². The fraction of sp³-hybridized carbons (Fsp3) is 0.333. The Morgan fingerprint density at radius 3 is 2.46 bits per heavy atom. The minimum Gasteiger partial charge on any atom is -0.334 e. The molecular formula is C18H23N5O. The second-order valence-electron chi connectivity index (χ2n) is 5.89. The molecule has 6 heteroatoms. The first-order valence-corrected chi connectivity index (χ1v) is 8.25. The van der Waals surface area contributed by atoms with Gasteiger partial charge in [-0.15, -0.1) is 0 Å². The van der Waals surface area contributed by atoms with E-state index < -0.39 is 0 Å². The van der Waals surface area contributed by atoms with Crippen LogP contribution in [0.15, 0.2) is 48.8 Å². The van der Waals surface area contributed by atoms with E-state index in [0.717, 1.165) is 44.0 Å². The number of carbonyl (C=O) groups is 1. The number of carbonyl (C=O) groups excluding carboxylic acids is 1. The molecule has 24 heavy (non-hydrogen) atoms. The van der Waals surface area contributed by atoms with Gasteiger partial charge in [-0.1, -0.05) is 12.1 Å². The molecule has 1 aromatic heterocycles. The van der Waals surface area contributed by atoms with Crippen molar-refractivity contribution in [3.05, 3.63) is 59.9 Å². The smallest absolute Gasteiger partial charge is 0.319 e. The molecule has 0 saturated carbocycles. The van der Waals surface area contributed by atoms with Crippen molar-refractivity contribution in [2.24, 2.45) is 0 Å². The van der Waals surface area contributed by atoms with E-state index in [0.29, 0.717) is 6.54 Å². The molecule has 0 bridgehead atoms. The Balaban J connectivity index is 1.45. The summed E-state index contributed by atoms with van der Waals surface area (Å²) in [6.45, 7) is 5.70. The average Bonchev–Trinajstić information content (AvgIpc) is 2.63. The van der Waals surface area contributed by atoms with Crippen LogP contribution in [0.2, 0.25) is 0 Å². The zero-order valence-corrected chi connectivity index (χ0v) is 13.7. The van der Waals surface area contributed by atoms with Crippen LogP contribution in [0, 0.1) is 0 Å². The first kappa shape index (κ1) is 16.4. The third kappa shape index (κ3) is 5.04. The van der Waals surface area contributed by atoms with Gasteiger partial charge < -0.3 is 16.0 Å². The highest BCUT2D eigenvalue weighted by Gasteiger charge is 2.09. The average molecular weight is 325 g/mol. The highest BCUT2D eigenvalue weighted by Crippen LogP contribution is 2.12. The molecule has 2 heterocycles. The molecule has 0 radical (unpaired) electrons. The molecule has 3 rings (SSSR count). The largest absolute Gasteiger partial charge is 0.334 e. The lowest BCUT2D eigenvalue weighted by atomic mass is 10.2. The van der Waals surface area contributed by atoms with Gasteiger partial charge in [0.1, 0.15) is 0 Å². The Labute approximate surface area is 142 Å². The van der Waals surface area contributed by atoms with Crippen molar-refractivity contribution in [2.75, 3.05) is 31.5 Å². The number of piperazine rings is 1. The zero-order valence-electron chi connectivity index (χ0n) is 13.7. The van der Waals surface area contributed by atoms with Crippen LogP contribution >= 0.6 is 0 Å². The predicted molar refractivity (Wildman–Crippen MR) is 94.7 cm³/mol. The molecule has 0 atom stereocenters. The fourth-order valence-corrected chi connectivity index (χ4v) is 2.68. The van der Waals surface area contributed by atoms with Gasteiger partial charge in [-0.2, -0.15) is 0 Å². The minimum absolute atomic E-state index is 0.207. The molecule has 0 aliphatic carbocycles. The number of hydrogen-bond donors (Lipinski definition) is 3. The molecule has 2 aromatic rings. The summed E-state index contributed by atoms with van der Waals surface area (Å²) in [4.78, 5) is 18.3. The fourth-order valence-electron chi connectivity index (χ4n) is 2.68. The van der Waals surface area contributed by atoms with E-state index in [1.807, 2.05) is 24.3 Å². The number of nitrogens with one attached hydrogen (secondary N) is 3. The van der Waals surface area contributed by atoms with E-state index in [1.54, 1.807) is 12.4 Å². The summed E-state index contributed by atoms with van der Waals surface area (Å²) >= 11 is 0. The first-order chi connectivity index (χ1) is 11.8. The Morgan fingerprint density at radius 1 is 1.04 bits per heavy atom. The Kier molecular flexibility index (Phi) is 5.76. The maximum Gasteiger partial charge on any atom is 0.319 e. The first-order valence-electron chi connectivity index (χ1n) is 8.25. The number of anilines is 1. The van der Waals surface area contributed by atoms with E-state index in [-0.39, 0.29) is 6.03 Å². The molecule has 1 aromatic carbocycles. The second kappa shape index (κ2) is 8.42. The predicted octanol–water partition coefficient (Wildman–Crippen LogP) is 1.81. The molecule has 1 aliphatic heterocycles. The number of rotatable bonds is 5. The Morgan fingerprint density at radius 2 is 1.75 bits per heavy atom. The molecule has 1 saturated heterocycles. The molecular weight excluding hydrogens is 302 g/mol. The van der Waals surface area contributed by atoms with E-state index in [9.17, 15) is 4.79 Å². The standard InChI is InChI=1S/C18H23N5O/c24-18(21-13-15-5-7-19-8-6-15)22-17-3-1-16(2-4-17)14-23-11-9-20-10-12-23/h1-8,20H,9-14H2,(H2,21,22,24). The Bertz CT molecular complexity index is 638. The lowest BCUT2D eigenvalue weighted by Crippen LogP contribution is -2.42. The summed E-state index contributed by atoms with van der Waals surface area (Å²) in [6, 6.07) is 11.6. The van der Waals surface area contributed by atoms with Gasteiger partial charge in [0.15, 0.2) is 0 Å². The molecule has 6 nitrogen and oxygen atoms in total. The maximum absolute atomic E-state index is 11.9. The van der Waals surface area contributed by atoms with Crippen molar-refractivity contribution >= 4 is 11.7 Å². The van der Waals surface area contributed by atoms with Crippen LogP contribution in [0.1, 0.15) is 11.1 Å². The summed E-state index contributed by atoms with van der Waals surface area (Å²) in [5, 5.41) is 9.04. The normalized spacial score (nSPS) is 15.0. The number of aromatic nitrogens is 1. The highest BCUT2D eigenvalue weighted by molar-refractivity contribution is 5.89. The Hall–Kier alpha value is -2.44. The second-order valence-corrected chi connectivity index (χ2v) is 5.89. The van der Waals surface area contributed by atoms with E-state index in [1.165, 1.54) is 5.56 Å². The van der Waals surface area contributed by atoms with Crippen molar-refractivity contribution in [3.8, 4) is 0 Å². The quantitative estimate of drug-likeness (QED) is 0.784. The molecule has 3 N–H and O–H groups in total. The minimum atomic E-state index is -0.207. The third-order valence-corrected chi connectivity index (χ3v) is 4.03. The number of amides is 2. The van der Waals surface area contributed by atoms with Crippen molar-refractivity contribution < 1.29 is 4.79 Å². The van der Waals surface area contributed by atoms with Crippen molar-refractivity contribution in [3.63, 3.8) is 0 Å². The lowest BCUT2D eigenvalue weighted by molar-refractivity contribution is 0.233. The molecule has 1 aliphatic rings. The van der Waals surface area contributed by atoms with Crippen LogP contribution in [-0.2, 0) is 13.1 Å². The van der Waals surface area contributed by atoms with Crippen LogP contribution in [0.3, 0.4) is 0 Å². The van der Waals surface area contributed by atoms with Crippen LogP contribution in [0.25, 0.3) is 0 Å². The van der Waals surface area contributed by atoms with Crippen LogP contribution in [0.5, 0.6) is 0 Å². The van der Waals surface area contributed by atoms with E-state index >= 15 is 0 Å². The topological polar surface area (TPSA) is 69.3 Å². The number of nitrogens with zero attached hydrogens (tertiary/aromatic N) is 2. The van der Waals surface area contributed by atoms with Gasteiger partial charge in [-0.3, -0.25) is 9.88 Å². The van der Waals surface area contributed by atoms with E-state index in [2.05, 4.69) is 38.0 Å². The number of hydrogen-bond acceptors (Lipinski definition) is 4. The summed E-state index contributed by atoms with van der Waals surface area (Å²) in [5.41, 5.74) is 3.08. The SMILES string of the molecule is O=C(NCc1ccncc1)Nc1ccc(CN2CCNCC2)cc1. The van der Waals surface area contributed by atoms with Gasteiger partial charge in [0, 0.05) is 57.3 Å². The van der Waals surface area contributed by atoms with E-state index in [4.69, 9.17) is 0 Å². The van der Waals surface area contributed by atoms with Gasteiger partial charge in [-0.05, 0) is 35.4 Å². The third-order valence-electron chi connectivity index (χ3n) is 4.03. The van der Waals surface area contributed by atoms with Crippen LogP contribution in [0.4, 0.5) is 10.5 Å². The van der Waals surface area contributed by atoms with Gasteiger partial charge in [0.05, 0.1) is 0 Å². The van der Waals surface area contributed by atoms with Crippen LogP contribution < -0.4 is 16.0 Å². The monoisotopic (exact) mass is 325 g/mol. The van der Waals surface area contributed by atoms with Gasteiger partial charge in [0.25, 0.3) is 0 Å². The van der Waals surface area contributed by atoms with Crippen LogP contribution in [-0.4, -0.2) is 42.1 Å². The molecule has 2 amide bonds. The highest BCUT2D eigenvalue weighted by atomic mass is 16.2. The number of pyridine rings is 1. The van der Waals surface area contributed by atoms with Crippen molar-refractivity contribution in [2.45, 2.75) is 13.1 Å². The van der Waals surface area contributed by atoms with Gasteiger partial charge >= 0.3 is 6.03 Å². The number of benzene rings is 1. The summed E-state index contributed by atoms with van der Waals surface area (Å²) in [7, 11) is 0. The zero-order chi connectivity index (χ0) is 16.6.